The van der Waals surface area contributed by atoms with E-state index in [1.807, 2.05) is 0 Å². The normalized spacial score (nSPS) is 21.9. The molecule has 2 aliphatic carbocycles. The maximum absolute atomic E-state index is 5.49. The molecule has 18 heavy (non-hydrogen) atoms. The van der Waals surface area contributed by atoms with Crippen LogP contribution in [0.25, 0.3) is 0 Å². The first-order valence-corrected chi connectivity index (χ1v) is 7.99. The Balaban J connectivity index is 1.43. The molecule has 1 atom stereocenters. The van der Waals surface area contributed by atoms with Gasteiger partial charge in [0.05, 0.1) is 0 Å². The van der Waals surface area contributed by atoms with Gasteiger partial charge in [-0.05, 0) is 50.1 Å². The Hall–Kier alpha value is -0.560. The summed E-state index contributed by atoms with van der Waals surface area (Å²) in [5.74, 6) is 0.862. The van der Waals surface area contributed by atoms with Crippen LogP contribution in [0.4, 0.5) is 0 Å². The lowest BCUT2D eigenvalue weighted by Gasteiger charge is -2.29. The molecule has 0 aliphatic heterocycles. The van der Waals surface area contributed by atoms with E-state index < -0.39 is 0 Å². The fourth-order valence-electron chi connectivity index (χ4n) is 3.15. The minimum atomic E-state index is 0.862. The van der Waals surface area contributed by atoms with Crippen LogP contribution in [0.3, 0.4) is 0 Å². The van der Waals surface area contributed by atoms with E-state index >= 15 is 0 Å². The maximum Gasteiger partial charge on any atom is -0.00773 e. The van der Waals surface area contributed by atoms with Crippen molar-refractivity contribution in [3.63, 3.8) is 0 Å². The minimum absolute atomic E-state index is 0.862. The molecule has 0 aromatic heterocycles. The molecule has 0 saturated carbocycles. The van der Waals surface area contributed by atoms with Crippen LogP contribution >= 0.6 is 0 Å². The first kappa shape index (κ1) is 13.9. The van der Waals surface area contributed by atoms with Gasteiger partial charge in [0.15, 0.2) is 0 Å². The Morgan fingerprint density at radius 2 is 1.67 bits per heavy atom. The van der Waals surface area contributed by atoms with E-state index in [1.165, 1.54) is 70.6 Å². The van der Waals surface area contributed by atoms with Crippen molar-refractivity contribution in [2.45, 2.75) is 70.6 Å². The predicted octanol–water partition coefficient (Wildman–Crippen LogP) is 4.73. The SMILES string of the molecule is NCCCCCCCCCC1C=CC2=C(CC2)C1. The van der Waals surface area contributed by atoms with Crippen LogP contribution in [0.15, 0.2) is 23.3 Å². The second-order valence-corrected chi connectivity index (χ2v) is 6.00. The van der Waals surface area contributed by atoms with Crippen molar-refractivity contribution >= 4 is 0 Å². The van der Waals surface area contributed by atoms with Gasteiger partial charge in [0.2, 0.25) is 0 Å². The summed E-state index contributed by atoms with van der Waals surface area (Å²) >= 11 is 0. The van der Waals surface area contributed by atoms with Crippen molar-refractivity contribution in [3.05, 3.63) is 23.3 Å². The Bertz CT molecular complexity index is 301. The second-order valence-electron chi connectivity index (χ2n) is 6.00. The fraction of sp³-hybridized carbons (Fsp3) is 0.765. The van der Waals surface area contributed by atoms with Gasteiger partial charge >= 0.3 is 0 Å². The van der Waals surface area contributed by atoms with E-state index in [-0.39, 0.29) is 0 Å². The number of hydrogen-bond acceptors (Lipinski definition) is 1. The highest BCUT2D eigenvalue weighted by Crippen LogP contribution is 2.38. The van der Waals surface area contributed by atoms with Crippen molar-refractivity contribution in [1.29, 1.82) is 0 Å². The summed E-state index contributed by atoms with van der Waals surface area (Å²) in [4.78, 5) is 0. The molecule has 2 N–H and O–H groups in total. The van der Waals surface area contributed by atoms with E-state index in [0.29, 0.717) is 0 Å². The van der Waals surface area contributed by atoms with Gasteiger partial charge in [-0.3, -0.25) is 0 Å². The number of allylic oxidation sites excluding steroid dienone is 4. The molecule has 0 saturated heterocycles. The zero-order chi connectivity index (χ0) is 12.6. The molecule has 0 amide bonds. The zero-order valence-electron chi connectivity index (χ0n) is 11.8. The van der Waals surface area contributed by atoms with Crippen molar-refractivity contribution < 1.29 is 0 Å². The quantitative estimate of drug-likeness (QED) is 0.585. The highest BCUT2D eigenvalue weighted by molar-refractivity contribution is 5.37. The molecular formula is C17H29N. The standard InChI is InChI=1S/C17H29N/c18-13-7-5-3-1-2-4-6-8-15-9-10-16-11-12-17(16)14-15/h9-10,15H,1-8,11-14,18H2. The summed E-state index contributed by atoms with van der Waals surface area (Å²) in [6.45, 7) is 0.867. The molecule has 2 rings (SSSR count). The molecular weight excluding hydrogens is 218 g/mol. The topological polar surface area (TPSA) is 26.0 Å². The van der Waals surface area contributed by atoms with E-state index in [4.69, 9.17) is 5.73 Å². The maximum atomic E-state index is 5.49. The van der Waals surface area contributed by atoms with Crippen LogP contribution < -0.4 is 5.73 Å². The zero-order valence-corrected chi connectivity index (χ0v) is 11.8. The minimum Gasteiger partial charge on any atom is -0.330 e. The lowest BCUT2D eigenvalue weighted by atomic mass is 9.77. The Morgan fingerprint density at radius 1 is 0.944 bits per heavy atom. The van der Waals surface area contributed by atoms with E-state index in [1.54, 1.807) is 11.1 Å². The highest BCUT2D eigenvalue weighted by atomic mass is 14.5. The summed E-state index contributed by atoms with van der Waals surface area (Å²) in [6, 6.07) is 0. The number of hydrogen-bond donors (Lipinski definition) is 1. The highest BCUT2D eigenvalue weighted by Gasteiger charge is 2.21. The molecule has 102 valence electrons. The van der Waals surface area contributed by atoms with E-state index in [0.717, 1.165) is 12.5 Å². The fourth-order valence-corrected chi connectivity index (χ4v) is 3.15. The van der Waals surface area contributed by atoms with Crippen molar-refractivity contribution in [2.24, 2.45) is 11.7 Å². The predicted molar refractivity (Wildman–Crippen MR) is 79.5 cm³/mol. The first-order valence-electron chi connectivity index (χ1n) is 7.99. The van der Waals surface area contributed by atoms with Gasteiger partial charge in [0.1, 0.15) is 0 Å². The molecule has 2 aliphatic rings. The molecule has 0 spiro atoms. The van der Waals surface area contributed by atoms with Gasteiger partial charge in [-0.15, -0.1) is 0 Å². The molecule has 1 nitrogen and oxygen atoms in total. The third-order valence-corrected chi connectivity index (χ3v) is 4.51. The van der Waals surface area contributed by atoms with Crippen LogP contribution in [0.5, 0.6) is 0 Å². The van der Waals surface area contributed by atoms with Crippen molar-refractivity contribution in [2.75, 3.05) is 6.54 Å². The summed E-state index contributed by atoms with van der Waals surface area (Å²) in [6.07, 6.45) is 20.0. The lowest BCUT2D eigenvalue weighted by molar-refractivity contribution is 0.493. The van der Waals surface area contributed by atoms with E-state index in [2.05, 4.69) is 12.2 Å². The van der Waals surface area contributed by atoms with Crippen molar-refractivity contribution in [1.82, 2.24) is 0 Å². The molecule has 0 radical (unpaired) electrons. The number of unbranched alkanes of at least 4 members (excludes halogenated alkanes) is 6. The van der Waals surface area contributed by atoms with E-state index in [9.17, 15) is 0 Å². The smallest absolute Gasteiger partial charge is 0.00773 e. The molecule has 1 unspecified atom stereocenters. The number of nitrogens with two attached hydrogens (primary N) is 1. The average molecular weight is 247 g/mol. The Labute approximate surface area is 113 Å². The molecule has 0 aromatic rings. The summed E-state index contributed by atoms with van der Waals surface area (Å²) in [7, 11) is 0. The van der Waals surface area contributed by atoms with Crippen molar-refractivity contribution in [3.8, 4) is 0 Å². The van der Waals surface area contributed by atoms with Crippen LogP contribution in [0, 0.1) is 5.92 Å². The molecule has 0 aromatic carbocycles. The summed E-state index contributed by atoms with van der Waals surface area (Å²) in [5, 5.41) is 0. The lowest BCUT2D eigenvalue weighted by Crippen LogP contribution is -2.12. The van der Waals surface area contributed by atoms with Gasteiger partial charge in [-0.1, -0.05) is 56.3 Å². The second kappa shape index (κ2) is 7.78. The van der Waals surface area contributed by atoms with Crippen LogP contribution in [0.1, 0.15) is 70.6 Å². The van der Waals surface area contributed by atoms with Gasteiger partial charge in [-0.25, -0.2) is 0 Å². The monoisotopic (exact) mass is 247 g/mol. The molecule has 0 heterocycles. The third-order valence-electron chi connectivity index (χ3n) is 4.51. The van der Waals surface area contributed by atoms with Gasteiger partial charge in [0.25, 0.3) is 0 Å². The van der Waals surface area contributed by atoms with Crippen LogP contribution in [0.2, 0.25) is 0 Å². The van der Waals surface area contributed by atoms with Gasteiger partial charge in [-0.2, -0.15) is 0 Å². The van der Waals surface area contributed by atoms with Crippen LogP contribution in [-0.2, 0) is 0 Å². The summed E-state index contributed by atoms with van der Waals surface area (Å²) in [5.41, 5.74) is 8.92. The Kier molecular flexibility index (Phi) is 5.99. The molecule has 1 heteroatoms. The number of rotatable bonds is 9. The first-order chi connectivity index (χ1) is 8.90. The van der Waals surface area contributed by atoms with Crippen LogP contribution in [-0.4, -0.2) is 6.54 Å². The Morgan fingerprint density at radius 3 is 2.28 bits per heavy atom. The van der Waals surface area contributed by atoms with Gasteiger partial charge in [0, 0.05) is 0 Å². The third kappa shape index (κ3) is 4.28. The summed E-state index contributed by atoms with van der Waals surface area (Å²) < 4.78 is 0. The molecule has 0 fully saturated rings. The largest absolute Gasteiger partial charge is 0.330 e. The van der Waals surface area contributed by atoms with Gasteiger partial charge < -0.3 is 5.73 Å². The molecule has 0 bridgehead atoms. The average Bonchev–Trinajstić information content (AvgIpc) is 2.35.